The minimum atomic E-state index is -0.836. The van der Waals surface area contributed by atoms with Gasteiger partial charge in [-0.2, -0.15) is 0 Å². The molecular formula is C29H28ClNO6. The molecule has 0 bridgehead atoms. The molecule has 1 aliphatic heterocycles. The molecule has 1 unspecified atom stereocenters. The number of carbonyl (C=O) groups excluding carboxylic acids is 2. The molecule has 4 rings (SSSR count). The fourth-order valence-electron chi connectivity index (χ4n) is 4.57. The molecule has 7 nitrogen and oxygen atoms in total. The lowest BCUT2D eigenvalue weighted by Gasteiger charge is -2.26. The number of benzene rings is 3. The van der Waals surface area contributed by atoms with Crippen molar-refractivity contribution in [2.45, 2.75) is 19.4 Å². The smallest absolute Gasteiger partial charge is 0.295 e. The predicted octanol–water partition coefficient (Wildman–Crippen LogP) is 5.34. The van der Waals surface area contributed by atoms with Crippen molar-refractivity contribution in [2.75, 3.05) is 27.9 Å². The first-order chi connectivity index (χ1) is 17.8. The van der Waals surface area contributed by atoms with E-state index in [-0.39, 0.29) is 34.2 Å². The van der Waals surface area contributed by atoms with E-state index in [2.05, 4.69) is 0 Å². The maximum Gasteiger partial charge on any atom is 0.295 e. The Morgan fingerprint density at radius 2 is 1.65 bits per heavy atom. The molecule has 0 spiro atoms. The van der Waals surface area contributed by atoms with E-state index in [1.165, 1.54) is 12.0 Å². The number of rotatable bonds is 8. The highest BCUT2D eigenvalue weighted by Gasteiger charge is 2.46. The van der Waals surface area contributed by atoms with Gasteiger partial charge < -0.3 is 24.2 Å². The molecule has 0 saturated carbocycles. The fourth-order valence-corrected chi connectivity index (χ4v) is 4.92. The van der Waals surface area contributed by atoms with Crippen LogP contribution in [0.2, 0.25) is 5.02 Å². The summed E-state index contributed by atoms with van der Waals surface area (Å²) in [7, 11) is 4.57. The van der Waals surface area contributed by atoms with Gasteiger partial charge in [-0.05, 0) is 66.4 Å². The molecule has 1 atom stereocenters. The van der Waals surface area contributed by atoms with Crippen molar-refractivity contribution >= 4 is 29.1 Å². The number of aliphatic hydroxyl groups is 1. The Morgan fingerprint density at radius 1 is 0.946 bits per heavy atom. The highest BCUT2D eigenvalue weighted by molar-refractivity contribution is 6.46. The first-order valence-electron chi connectivity index (χ1n) is 11.7. The van der Waals surface area contributed by atoms with E-state index in [1.807, 2.05) is 31.2 Å². The molecule has 192 valence electrons. The number of hydrogen-bond donors (Lipinski definition) is 1. The molecule has 3 aromatic carbocycles. The zero-order valence-corrected chi connectivity index (χ0v) is 21.8. The number of aliphatic hydroxyl groups excluding tert-OH is 1. The molecule has 1 saturated heterocycles. The largest absolute Gasteiger partial charge is 0.507 e. The zero-order valence-electron chi connectivity index (χ0n) is 21.1. The second-order valence-corrected chi connectivity index (χ2v) is 9.10. The third kappa shape index (κ3) is 5.13. The second-order valence-electron chi connectivity index (χ2n) is 8.69. The van der Waals surface area contributed by atoms with Crippen LogP contribution in [0.4, 0.5) is 0 Å². The van der Waals surface area contributed by atoms with E-state index in [0.29, 0.717) is 17.7 Å². The third-order valence-corrected chi connectivity index (χ3v) is 6.68. The van der Waals surface area contributed by atoms with Gasteiger partial charge in [0.15, 0.2) is 0 Å². The van der Waals surface area contributed by atoms with E-state index in [1.54, 1.807) is 50.6 Å². The van der Waals surface area contributed by atoms with Crippen LogP contribution >= 0.6 is 11.6 Å². The highest BCUT2D eigenvalue weighted by Crippen LogP contribution is 2.43. The number of halogens is 1. The number of ether oxygens (including phenoxy) is 3. The predicted molar refractivity (Wildman–Crippen MR) is 141 cm³/mol. The Morgan fingerprint density at radius 3 is 2.30 bits per heavy atom. The number of ketones is 1. The van der Waals surface area contributed by atoms with Gasteiger partial charge in [0, 0.05) is 6.54 Å². The summed E-state index contributed by atoms with van der Waals surface area (Å²) in [6.07, 6.45) is 0.497. The van der Waals surface area contributed by atoms with Crippen LogP contribution < -0.4 is 14.2 Å². The summed E-state index contributed by atoms with van der Waals surface area (Å²) < 4.78 is 16.0. The molecule has 1 aliphatic rings. The molecule has 1 N–H and O–H groups in total. The molecule has 37 heavy (non-hydrogen) atoms. The molecular weight excluding hydrogens is 494 g/mol. The summed E-state index contributed by atoms with van der Waals surface area (Å²) in [5.41, 5.74) is 2.58. The molecule has 8 heteroatoms. The third-order valence-electron chi connectivity index (χ3n) is 6.40. The van der Waals surface area contributed by atoms with Crippen molar-refractivity contribution in [3.8, 4) is 17.2 Å². The van der Waals surface area contributed by atoms with E-state index in [0.717, 1.165) is 16.9 Å². The van der Waals surface area contributed by atoms with E-state index in [4.69, 9.17) is 25.8 Å². The number of methoxy groups -OCH3 is 3. The first-order valence-corrected chi connectivity index (χ1v) is 12.1. The van der Waals surface area contributed by atoms with Gasteiger partial charge in [-0.3, -0.25) is 9.59 Å². The van der Waals surface area contributed by atoms with Gasteiger partial charge in [0.25, 0.3) is 11.7 Å². The van der Waals surface area contributed by atoms with Crippen LogP contribution in [0.1, 0.15) is 28.3 Å². The number of aryl methyl sites for hydroxylation is 1. The van der Waals surface area contributed by atoms with Gasteiger partial charge in [0.05, 0.1) is 43.5 Å². The molecule has 0 aromatic heterocycles. The average molecular weight is 522 g/mol. The number of amides is 1. The summed E-state index contributed by atoms with van der Waals surface area (Å²) in [5, 5.41) is 11.8. The van der Waals surface area contributed by atoms with Crippen molar-refractivity contribution in [1.82, 2.24) is 4.90 Å². The Hall–Kier alpha value is -3.97. The van der Waals surface area contributed by atoms with Crippen LogP contribution in [0.25, 0.3) is 5.76 Å². The van der Waals surface area contributed by atoms with Gasteiger partial charge in [-0.25, -0.2) is 0 Å². The lowest BCUT2D eigenvalue weighted by molar-refractivity contribution is -0.139. The number of carbonyl (C=O) groups is 2. The summed E-state index contributed by atoms with van der Waals surface area (Å²) in [5.74, 6) is -0.305. The van der Waals surface area contributed by atoms with Crippen LogP contribution in [0.15, 0.2) is 66.2 Å². The lowest BCUT2D eigenvalue weighted by atomic mass is 9.94. The monoisotopic (exact) mass is 521 g/mol. The van der Waals surface area contributed by atoms with Crippen LogP contribution in [0.3, 0.4) is 0 Å². The number of hydrogen-bond acceptors (Lipinski definition) is 6. The Balaban J connectivity index is 1.83. The van der Waals surface area contributed by atoms with Crippen LogP contribution in [-0.2, 0) is 16.0 Å². The van der Waals surface area contributed by atoms with Crippen LogP contribution in [0.5, 0.6) is 17.2 Å². The normalized spacial score (nSPS) is 16.7. The van der Waals surface area contributed by atoms with Gasteiger partial charge in [0.1, 0.15) is 23.0 Å². The second kappa shape index (κ2) is 11.0. The maximum atomic E-state index is 13.4. The fraction of sp³-hybridized carbons (Fsp3) is 0.241. The van der Waals surface area contributed by atoms with Gasteiger partial charge in [0.2, 0.25) is 0 Å². The van der Waals surface area contributed by atoms with Crippen molar-refractivity contribution in [3.63, 3.8) is 0 Å². The number of likely N-dealkylation sites (tertiary alicyclic amines) is 1. The minimum Gasteiger partial charge on any atom is -0.507 e. The highest BCUT2D eigenvalue weighted by atomic mass is 35.5. The molecule has 1 fully saturated rings. The summed E-state index contributed by atoms with van der Waals surface area (Å²) in [6.45, 7) is 2.07. The summed E-state index contributed by atoms with van der Waals surface area (Å²) in [6, 6.07) is 17.2. The van der Waals surface area contributed by atoms with Crippen molar-refractivity contribution in [1.29, 1.82) is 0 Å². The van der Waals surface area contributed by atoms with Gasteiger partial charge >= 0.3 is 0 Å². The first kappa shape index (κ1) is 26.1. The van der Waals surface area contributed by atoms with E-state index >= 15 is 0 Å². The lowest BCUT2D eigenvalue weighted by Crippen LogP contribution is -2.31. The van der Waals surface area contributed by atoms with Crippen molar-refractivity contribution in [3.05, 3.63) is 93.5 Å². The summed E-state index contributed by atoms with van der Waals surface area (Å²) in [4.78, 5) is 28.2. The maximum absolute atomic E-state index is 13.4. The zero-order chi connectivity index (χ0) is 26.7. The topological polar surface area (TPSA) is 85.3 Å². The average Bonchev–Trinajstić information content (AvgIpc) is 3.16. The van der Waals surface area contributed by atoms with E-state index in [9.17, 15) is 14.7 Å². The molecule has 0 radical (unpaired) electrons. The van der Waals surface area contributed by atoms with Crippen molar-refractivity contribution in [2.24, 2.45) is 0 Å². The standard InChI is InChI=1S/C29H28ClNO6/c1-17-14-22(28(37-4)23(30)15-17)26(32)24-25(19-6-5-7-21(16-19)36-3)31(29(34)27(24)33)13-12-18-8-10-20(35-2)11-9-18/h5-11,14-16,25,32H,12-13H2,1-4H3/b26-24+. The molecule has 1 amide bonds. The molecule has 0 aliphatic carbocycles. The Kier molecular flexibility index (Phi) is 7.74. The number of nitrogens with zero attached hydrogens (tertiary/aromatic N) is 1. The Bertz CT molecular complexity index is 1370. The Labute approximate surface area is 220 Å². The molecule has 3 aromatic rings. The van der Waals surface area contributed by atoms with Crippen molar-refractivity contribution < 1.29 is 28.9 Å². The SMILES string of the molecule is COc1ccc(CCN2C(=O)C(=O)/C(=C(/O)c3cc(C)cc(Cl)c3OC)C2c2cccc(OC)c2)cc1. The summed E-state index contributed by atoms with van der Waals surface area (Å²) >= 11 is 6.36. The quantitative estimate of drug-likeness (QED) is 0.245. The number of Topliss-reactive ketones (excluding diaryl/α,β-unsaturated/α-hetero) is 1. The van der Waals surface area contributed by atoms with Gasteiger partial charge in [-0.15, -0.1) is 0 Å². The van der Waals surface area contributed by atoms with Gasteiger partial charge in [-0.1, -0.05) is 35.9 Å². The minimum absolute atomic E-state index is 0.0343. The molecule has 1 heterocycles. The van der Waals surface area contributed by atoms with Crippen LogP contribution in [0, 0.1) is 6.92 Å². The van der Waals surface area contributed by atoms with E-state index < -0.39 is 17.7 Å². The van der Waals surface area contributed by atoms with Crippen LogP contribution in [-0.4, -0.2) is 49.6 Å².